The molecule has 2 unspecified atom stereocenters. The number of unbranched alkanes of at least 4 members (excludes halogenated alkanes) is 1. The van der Waals surface area contributed by atoms with Crippen LogP contribution in [0.15, 0.2) is 48.5 Å². The van der Waals surface area contributed by atoms with Crippen molar-refractivity contribution in [2.24, 2.45) is 5.92 Å². The van der Waals surface area contributed by atoms with Crippen molar-refractivity contribution >= 4 is 11.6 Å². The van der Waals surface area contributed by atoms with Crippen molar-refractivity contribution in [3.05, 3.63) is 59.1 Å². The van der Waals surface area contributed by atoms with Crippen LogP contribution in [0.1, 0.15) is 37.7 Å². The Labute approximate surface area is 167 Å². The minimum atomic E-state index is -0.878. The average Bonchev–Trinajstić information content (AvgIpc) is 2.72. The van der Waals surface area contributed by atoms with Crippen LogP contribution in [0.4, 0.5) is 0 Å². The number of hydrogen-bond acceptors (Lipinski definition) is 3. The fourth-order valence-corrected chi connectivity index (χ4v) is 4.47. The first-order valence-corrected chi connectivity index (χ1v) is 10.3. The minimum absolute atomic E-state index is 0.192. The Morgan fingerprint density at radius 3 is 2.56 bits per heavy atom. The highest BCUT2D eigenvalue weighted by atomic mass is 35.5. The number of piperidine rings is 1. The number of hydrogen-bond donors (Lipinski definition) is 2. The molecule has 0 aromatic heterocycles. The van der Waals surface area contributed by atoms with E-state index in [9.17, 15) is 5.11 Å². The van der Waals surface area contributed by atoms with E-state index < -0.39 is 5.60 Å². The van der Waals surface area contributed by atoms with Gasteiger partial charge in [-0.1, -0.05) is 54.1 Å². The molecular formula is C23H30ClNO2. The highest BCUT2D eigenvalue weighted by molar-refractivity contribution is 6.33. The molecule has 1 aliphatic heterocycles. The predicted octanol–water partition coefficient (Wildman–Crippen LogP) is 5.01. The summed E-state index contributed by atoms with van der Waals surface area (Å²) >= 11 is 6.50. The Morgan fingerprint density at radius 1 is 1.11 bits per heavy atom. The number of methoxy groups -OCH3 is 1. The average molecular weight is 388 g/mol. The molecule has 0 aliphatic carbocycles. The second-order valence-electron chi connectivity index (χ2n) is 7.44. The van der Waals surface area contributed by atoms with Crippen LogP contribution in [-0.4, -0.2) is 31.9 Å². The molecule has 2 N–H and O–H groups in total. The van der Waals surface area contributed by atoms with Crippen LogP contribution in [0.2, 0.25) is 5.02 Å². The summed E-state index contributed by atoms with van der Waals surface area (Å²) in [7, 11) is 1.73. The van der Waals surface area contributed by atoms with E-state index in [1.165, 1.54) is 0 Å². The Hall–Kier alpha value is -1.39. The first kappa shape index (κ1) is 20.3. The standard InChI is InChI=1S/C23H30ClNO2/c1-27-16-7-6-14-23(26,18-9-8-15-25-17-18)21-12-4-2-10-19(21)20-11-3-5-13-22(20)24/h2-5,10-13,18,25-26H,6-9,14-17H2,1H3. The minimum Gasteiger partial charge on any atom is -0.385 e. The largest absolute Gasteiger partial charge is 0.385 e. The molecule has 146 valence electrons. The molecule has 0 spiro atoms. The Bertz CT molecular complexity index is 730. The van der Waals surface area contributed by atoms with Crippen LogP contribution in [0.25, 0.3) is 11.1 Å². The van der Waals surface area contributed by atoms with Crippen molar-refractivity contribution in [1.82, 2.24) is 5.32 Å². The maximum atomic E-state index is 12.0. The summed E-state index contributed by atoms with van der Waals surface area (Å²) in [6.07, 6.45) is 4.74. The summed E-state index contributed by atoms with van der Waals surface area (Å²) in [5.41, 5.74) is 2.12. The monoisotopic (exact) mass is 387 g/mol. The van der Waals surface area contributed by atoms with Gasteiger partial charge in [-0.25, -0.2) is 0 Å². The predicted molar refractivity (Wildman–Crippen MR) is 112 cm³/mol. The third kappa shape index (κ3) is 4.72. The number of nitrogens with one attached hydrogen (secondary N) is 1. The molecule has 2 aromatic carbocycles. The van der Waals surface area contributed by atoms with Crippen molar-refractivity contribution in [2.75, 3.05) is 26.8 Å². The topological polar surface area (TPSA) is 41.5 Å². The van der Waals surface area contributed by atoms with E-state index in [4.69, 9.17) is 16.3 Å². The van der Waals surface area contributed by atoms with Gasteiger partial charge in [0.15, 0.2) is 0 Å². The van der Waals surface area contributed by atoms with Gasteiger partial charge in [0, 0.05) is 36.8 Å². The van der Waals surface area contributed by atoms with E-state index in [0.29, 0.717) is 5.02 Å². The van der Waals surface area contributed by atoms with Gasteiger partial charge >= 0.3 is 0 Å². The number of ether oxygens (including phenoxy) is 1. The van der Waals surface area contributed by atoms with Gasteiger partial charge in [-0.2, -0.15) is 0 Å². The highest BCUT2D eigenvalue weighted by Gasteiger charge is 2.40. The van der Waals surface area contributed by atoms with Gasteiger partial charge in [0.25, 0.3) is 0 Å². The summed E-state index contributed by atoms with van der Waals surface area (Å²) in [5, 5.41) is 16.2. The third-order valence-corrected chi connectivity index (χ3v) is 6.02. The van der Waals surface area contributed by atoms with Crippen molar-refractivity contribution in [1.29, 1.82) is 0 Å². The molecule has 2 atom stereocenters. The Morgan fingerprint density at radius 2 is 1.85 bits per heavy atom. The molecule has 27 heavy (non-hydrogen) atoms. The first-order chi connectivity index (χ1) is 13.2. The molecule has 3 nitrogen and oxygen atoms in total. The van der Waals surface area contributed by atoms with Crippen molar-refractivity contribution in [3.63, 3.8) is 0 Å². The molecular weight excluding hydrogens is 358 g/mol. The van der Waals surface area contributed by atoms with Crippen LogP contribution >= 0.6 is 11.6 Å². The SMILES string of the molecule is COCCCCC(O)(c1ccccc1-c1ccccc1Cl)C1CCCNC1. The molecule has 1 heterocycles. The third-order valence-electron chi connectivity index (χ3n) is 5.69. The molecule has 1 aliphatic rings. The summed E-state index contributed by atoms with van der Waals surface area (Å²) in [4.78, 5) is 0. The van der Waals surface area contributed by atoms with Crippen LogP contribution in [0.3, 0.4) is 0 Å². The molecule has 3 rings (SSSR count). The fourth-order valence-electron chi connectivity index (χ4n) is 4.23. The summed E-state index contributed by atoms with van der Waals surface area (Å²) < 4.78 is 5.21. The van der Waals surface area contributed by atoms with E-state index >= 15 is 0 Å². The lowest BCUT2D eigenvalue weighted by Crippen LogP contribution is -2.44. The Balaban J connectivity index is 2.00. The van der Waals surface area contributed by atoms with E-state index in [1.807, 2.05) is 36.4 Å². The molecule has 0 amide bonds. The number of benzene rings is 2. The summed E-state index contributed by atoms with van der Waals surface area (Å²) in [6.45, 7) is 2.60. The van der Waals surface area contributed by atoms with Gasteiger partial charge in [-0.05, 0) is 55.8 Å². The molecule has 1 saturated heterocycles. The highest BCUT2D eigenvalue weighted by Crippen LogP contribution is 2.43. The molecule has 0 bridgehead atoms. The zero-order valence-corrected chi connectivity index (χ0v) is 16.8. The van der Waals surface area contributed by atoms with E-state index in [0.717, 1.165) is 68.5 Å². The van der Waals surface area contributed by atoms with E-state index in [-0.39, 0.29) is 5.92 Å². The van der Waals surface area contributed by atoms with E-state index in [1.54, 1.807) is 7.11 Å². The van der Waals surface area contributed by atoms with Gasteiger partial charge in [-0.15, -0.1) is 0 Å². The molecule has 0 saturated carbocycles. The fraction of sp³-hybridized carbons (Fsp3) is 0.478. The lowest BCUT2D eigenvalue weighted by atomic mass is 9.72. The Kier molecular flexibility index (Phi) is 7.31. The van der Waals surface area contributed by atoms with Crippen molar-refractivity contribution in [3.8, 4) is 11.1 Å². The summed E-state index contributed by atoms with van der Waals surface area (Å²) in [6, 6.07) is 16.1. The van der Waals surface area contributed by atoms with Crippen LogP contribution in [0.5, 0.6) is 0 Å². The second-order valence-corrected chi connectivity index (χ2v) is 7.85. The lowest BCUT2D eigenvalue weighted by molar-refractivity contribution is -0.0429. The zero-order valence-electron chi connectivity index (χ0n) is 16.1. The van der Waals surface area contributed by atoms with Crippen LogP contribution < -0.4 is 5.32 Å². The maximum absolute atomic E-state index is 12.0. The first-order valence-electron chi connectivity index (χ1n) is 9.93. The zero-order chi connectivity index (χ0) is 19.1. The van der Waals surface area contributed by atoms with Gasteiger partial charge in [0.2, 0.25) is 0 Å². The van der Waals surface area contributed by atoms with Gasteiger partial charge < -0.3 is 15.2 Å². The molecule has 1 fully saturated rings. The van der Waals surface area contributed by atoms with Crippen LogP contribution in [0, 0.1) is 5.92 Å². The van der Waals surface area contributed by atoms with Gasteiger partial charge in [-0.3, -0.25) is 0 Å². The maximum Gasteiger partial charge on any atom is 0.0942 e. The van der Waals surface area contributed by atoms with Crippen molar-refractivity contribution < 1.29 is 9.84 Å². The van der Waals surface area contributed by atoms with Crippen LogP contribution in [-0.2, 0) is 10.3 Å². The number of aliphatic hydroxyl groups is 1. The molecule has 4 heteroatoms. The quantitative estimate of drug-likeness (QED) is 0.625. The molecule has 2 aromatic rings. The molecule has 0 radical (unpaired) electrons. The normalized spacial score (nSPS) is 19.6. The second kappa shape index (κ2) is 9.70. The smallest absolute Gasteiger partial charge is 0.0942 e. The van der Waals surface area contributed by atoms with E-state index in [2.05, 4.69) is 17.4 Å². The van der Waals surface area contributed by atoms with Gasteiger partial charge in [0.1, 0.15) is 0 Å². The van der Waals surface area contributed by atoms with Crippen molar-refractivity contribution in [2.45, 2.75) is 37.7 Å². The number of halogens is 1. The summed E-state index contributed by atoms with van der Waals surface area (Å²) in [5.74, 6) is 0.192. The lowest BCUT2D eigenvalue weighted by Gasteiger charge is -2.40. The number of rotatable bonds is 8. The van der Waals surface area contributed by atoms with Gasteiger partial charge in [0.05, 0.1) is 5.60 Å².